The van der Waals surface area contributed by atoms with Gasteiger partial charge in [-0.05, 0) is 44.9 Å². The third kappa shape index (κ3) is 2.57. The highest BCUT2D eigenvalue weighted by molar-refractivity contribution is 5.81. The molecule has 0 fully saturated rings. The molecule has 2 rings (SSSR count). The molecular weight excluding hydrogens is 208 g/mol. The molecule has 0 amide bonds. The summed E-state index contributed by atoms with van der Waals surface area (Å²) in [6, 6.07) is 10.4. The highest BCUT2D eigenvalue weighted by atomic mass is 15.0. The summed E-state index contributed by atoms with van der Waals surface area (Å²) in [6.45, 7) is 8.68. The van der Waals surface area contributed by atoms with Crippen LogP contribution in [0, 0.1) is 6.92 Å². The Kier molecular flexibility index (Phi) is 3.05. The average molecular weight is 228 g/mol. The van der Waals surface area contributed by atoms with E-state index in [0.717, 1.165) is 17.8 Å². The number of aromatic nitrogens is 1. The Labute approximate surface area is 103 Å². The first-order valence-corrected chi connectivity index (χ1v) is 6.16. The van der Waals surface area contributed by atoms with E-state index in [1.165, 1.54) is 10.9 Å². The zero-order valence-corrected chi connectivity index (χ0v) is 11.0. The monoisotopic (exact) mass is 228 g/mol. The van der Waals surface area contributed by atoms with E-state index in [4.69, 9.17) is 4.98 Å². The van der Waals surface area contributed by atoms with Gasteiger partial charge >= 0.3 is 0 Å². The minimum atomic E-state index is 0.0835. The zero-order valence-electron chi connectivity index (χ0n) is 11.0. The number of hydrogen-bond acceptors (Lipinski definition) is 2. The van der Waals surface area contributed by atoms with Crippen LogP contribution in [0.4, 0.5) is 5.82 Å². The van der Waals surface area contributed by atoms with Crippen molar-refractivity contribution in [3.8, 4) is 0 Å². The van der Waals surface area contributed by atoms with Gasteiger partial charge in [0.25, 0.3) is 0 Å². The molecule has 0 saturated carbocycles. The van der Waals surface area contributed by atoms with Gasteiger partial charge in [0.1, 0.15) is 5.82 Å². The smallest absolute Gasteiger partial charge is 0.130 e. The number of pyridine rings is 1. The normalized spacial score (nSPS) is 11.8. The third-order valence-electron chi connectivity index (χ3n) is 3.26. The van der Waals surface area contributed by atoms with Crippen LogP contribution in [0.5, 0.6) is 0 Å². The van der Waals surface area contributed by atoms with Crippen LogP contribution in [-0.2, 0) is 0 Å². The summed E-state index contributed by atoms with van der Waals surface area (Å²) >= 11 is 0. The molecule has 1 aromatic heterocycles. The Morgan fingerprint density at radius 3 is 2.65 bits per heavy atom. The van der Waals surface area contributed by atoms with E-state index in [-0.39, 0.29) is 5.54 Å². The SMILES string of the molecule is CCC(C)(C)Nc1nc2ccccc2cc1C. The molecule has 2 heteroatoms. The van der Waals surface area contributed by atoms with Gasteiger partial charge in [-0.3, -0.25) is 0 Å². The maximum atomic E-state index is 4.70. The zero-order chi connectivity index (χ0) is 12.5. The third-order valence-corrected chi connectivity index (χ3v) is 3.26. The second-order valence-corrected chi connectivity index (χ2v) is 5.21. The van der Waals surface area contributed by atoms with E-state index in [9.17, 15) is 0 Å². The van der Waals surface area contributed by atoms with Gasteiger partial charge in [0.05, 0.1) is 5.52 Å². The van der Waals surface area contributed by atoms with Crippen LogP contribution >= 0.6 is 0 Å². The van der Waals surface area contributed by atoms with Crippen LogP contribution in [-0.4, -0.2) is 10.5 Å². The number of fused-ring (bicyclic) bond motifs is 1. The van der Waals surface area contributed by atoms with Crippen molar-refractivity contribution in [3.63, 3.8) is 0 Å². The molecule has 2 aromatic rings. The van der Waals surface area contributed by atoms with Gasteiger partial charge < -0.3 is 5.32 Å². The maximum Gasteiger partial charge on any atom is 0.130 e. The first-order chi connectivity index (χ1) is 8.02. The average Bonchev–Trinajstić information content (AvgIpc) is 2.30. The van der Waals surface area contributed by atoms with Crippen molar-refractivity contribution in [2.75, 3.05) is 5.32 Å². The Balaban J connectivity index is 2.44. The number of aryl methyl sites for hydroxylation is 1. The molecule has 1 heterocycles. The Hall–Kier alpha value is -1.57. The Morgan fingerprint density at radius 1 is 1.24 bits per heavy atom. The van der Waals surface area contributed by atoms with Crippen molar-refractivity contribution >= 4 is 16.7 Å². The van der Waals surface area contributed by atoms with E-state index < -0.39 is 0 Å². The highest BCUT2D eigenvalue weighted by Gasteiger charge is 2.16. The number of hydrogen-bond donors (Lipinski definition) is 1. The van der Waals surface area contributed by atoms with Crippen LogP contribution in [0.3, 0.4) is 0 Å². The summed E-state index contributed by atoms with van der Waals surface area (Å²) in [6.07, 6.45) is 1.07. The Bertz CT molecular complexity index is 529. The van der Waals surface area contributed by atoms with Crippen molar-refractivity contribution < 1.29 is 0 Å². The van der Waals surface area contributed by atoms with Crippen molar-refractivity contribution in [1.82, 2.24) is 4.98 Å². The van der Waals surface area contributed by atoms with Crippen molar-refractivity contribution in [2.24, 2.45) is 0 Å². The van der Waals surface area contributed by atoms with Crippen molar-refractivity contribution in [3.05, 3.63) is 35.9 Å². The molecule has 0 unspecified atom stereocenters. The molecule has 0 radical (unpaired) electrons. The molecule has 1 aromatic carbocycles. The number of nitrogens with zero attached hydrogens (tertiary/aromatic N) is 1. The van der Waals surface area contributed by atoms with Crippen LogP contribution in [0.25, 0.3) is 10.9 Å². The lowest BCUT2D eigenvalue weighted by Gasteiger charge is -2.26. The van der Waals surface area contributed by atoms with E-state index in [0.29, 0.717) is 0 Å². The summed E-state index contributed by atoms with van der Waals surface area (Å²) in [4.78, 5) is 4.70. The van der Waals surface area contributed by atoms with Crippen LogP contribution in [0.2, 0.25) is 0 Å². The topological polar surface area (TPSA) is 24.9 Å². The van der Waals surface area contributed by atoms with Gasteiger partial charge in [-0.15, -0.1) is 0 Å². The minimum absolute atomic E-state index is 0.0835. The van der Waals surface area contributed by atoms with E-state index in [1.54, 1.807) is 0 Å². The number of para-hydroxylation sites is 1. The lowest BCUT2D eigenvalue weighted by molar-refractivity contribution is 0.545. The van der Waals surface area contributed by atoms with Crippen molar-refractivity contribution in [1.29, 1.82) is 0 Å². The van der Waals surface area contributed by atoms with E-state index in [2.05, 4.69) is 51.2 Å². The largest absolute Gasteiger partial charge is 0.365 e. The molecule has 2 nitrogen and oxygen atoms in total. The highest BCUT2D eigenvalue weighted by Crippen LogP contribution is 2.23. The fraction of sp³-hybridized carbons (Fsp3) is 0.400. The second-order valence-electron chi connectivity index (χ2n) is 5.21. The van der Waals surface area contributed by atoms with Crippen LogP contribution < -0.4 is 5.32 Å². The van der Waals surface area contributed by atoms with E-state index in [1.807, 2.05) is 12.1 Å². The molecule has 0 bridgehead atoms. The number of benzene rings is 1. The molecule has 1 N–H and O–H groups in total. The number of anilines is 1. The first kappa shape index (κ1) is 11.9. The summed E-state index contributed by atoms with van der Waals surface area (Å²) in [5, 5.41) is 4.72. The van der Waals surface area contributed by atoms with Gasteiger partial charge in [0.15, 0.2) is 0 Å². The van der Waals surface area contributed by atoms with Crippen molar-refractivity contribution in [2.45, 2.75) is 39.7 Å². The lowest BCUT2D eigenvalue weighted by Crippen LogP contribution is -2.30. The van der Waals surface area contributed by atoms with E-state index >= 15 is 0 Å². The van der Waals surface area contributed by atoms with Gasteiger partial charge in [0.2, 0.25) is 0 Å². The first-order valence-electron chi connectivity index (χ1n) is 6.16. The summed E-state index contributed by atoms with van der Waals surface area (Å²) < 4.78 is 0. The Morgan fingerprint density at radius 2 is 1.94 bits per heavy atom. The molecule has 0 aliphatic rings. The summed E-state index contributed by atoms with van der Waals surface area (Å²) in [7, 11) is 0. The van der Waals surface area contributed by atoms with Gasteiger partial charge in [-0.1, -0.05) is 25.1 Å². The minimum Gasteiger partial charge on any atom is -0.365 e. The maximum absolute atomic E-state index is 4.70. The number of rotatable bonds is 3. The van der Waals surface area contributed by atoms with Gasteiger partial charge in [-0.25, -0.2) is 4.98 Å². The predicted molar refractivity (Wildman–Crippen MR) is 74.5 cm³/mol. The molecule has 0 atom stereocenters. The van der Waals surface area contributed by atoms with Gasteiger partial charge in [0, 0.05) is 10.9 Å². The molecule has 0 spiro atoms. The quantitative estimate of drug-likeness (QED) is 0.853. The standard InChI is InChI=1S/C15H20N2/c1-5-15(3,4)17-14-11(2)10-12-8-6-7-9-13(12)16-14/h6-10H,5H2,1-4H3,(H,16,17). The fourth-order valence-corrected chi connectivity index (χ4v) is 1.76. The fourth-order valence-electron chi connectivity index (χ4n) is 1.76. The predicted octanol–water partition coefficient (Wildman–Crippen LogP) is 4.14. The molecular formula is C15H20N2. The van der Waals surface area contributed by atoms with Crippen LogP contribution in [0.15, 0.2) is 30.3 Å². The summed E-state index contributed by atoms with van der Waals surface area (Å²) in [5.74, 6) is 0.996. The van der Waals surface area contributed by atoms with Gasteiger partial charge in [-0.2, -0.15) is 0 Å². The van der Waals surface area contributed by atoms with Crippen LogP contribution in [0.1, 0.15) is 32.8 Å². The lowest BCUT2D eigenvalue weighted by atomic mass is 10.0. The molecule has 90 valence electrons. The molecule has 0 aliphatic carbocycles. The molecule has 0 saturated heterocycles. The molecule has 0 aliphatic heterocycles. The number of nitrogens with one attached hydrogen (secondary N) is 1. The second kappa shape index (κ2) is 4.36. The summed E-state index contributed by atoms with van der Waals surface area (Å²) in [5.41, 5.74) is 2.33. The molecule has 17 heavy (non-hydrogen) atoms.